The quantitative estimate of drug-likeness (QED) is 0.438. The van der Waals surface area contributed by atoms with Crippen LogP contribution in [0, 0.1) is 17.1 Å². The third-order valence-electron chi connectivity index (χ3n) is 5.38. The molecule has 0 radical (unpaired) electrons. The van der Waals surface area contributed by atoms with Crippen molar-refractivity contribution in [3.63, 3.8) is 0 Å². The Hall–Kier alpha value is -2.31. The van der Waals surface area contributed by atoms with Crippen molar-refractivity contribution in [2.75, 3.05) is 11.4 Å². The van der Waals surface area contributed by atoms with Gasteiger partial charge in [0.2, 0.25) is 0 Å². The summed E-state index contributed by atoms with van der Waals surface area (Å²) in [4.78, 5) is 2.26. The molecule has 1 atom stereocenters. The summed E-state index contributed by atoms with van der Waals surface area (Å²) in [7, 11) is 0. The second kappa shape index (κ2) is 7.37. The first-order valence-corrected chi connectivity index (χ1v) is 9.63. The number of nitriles is 1. The normalized spacial score (nSPS) is 18.8. The van der Waals surface area contributed by atoms with Crippen molar-refractivity contribution >= 4 is 28.9 Å². The molecule has 1 unspecified atom stereocenters. The molecule has 140 valence electrons. The molecule has 0 fully saturated rings. The fourth-order valence-electron chi connectivity index (χ4n) is 4.22. The van der Waals surface area contributed by atoms with E-state index in [0.717, 1.165) is 24.2 Å². The maximum absolute atomic E-state index is 15.0. The van der Waals surface area contributed by atoms with Crippen LogP contribution in [0.2, 0.25) is 5.02 Å². The van der Waals surface area contributed by atoms with Crippen LogP contribution in [-0.2, 0) is 0 Å². The van der Waals surface area contributed by atoms with Gasteiger partial charge in [-0.2, -0.15) is 5.26 Å². The van der Waals surface area contributed by atoms with E-state index >= 15 is 0 Å². The Labute approximate surface area is 165 Å². The Bertz CT molecular complexity index is 940. The fraction of sp³-hybridized carbons (Fsp3) is 0.348. The summed E-state index contributed by atoms with van der Waals surface area (Å²) in [5, 5.41) is 10.1. The first-order chi connectivity index (χ1) is 12.8. The SMILES string of the molecule is CCN1c2cc(F)c(/C=C(\C#N)c3cccc(Cl)c3)cc2C(C)CC1(C)C. The van der Waals surface area contributed by atoms with Gasteiger partial charge in [-0.1, -0.05) is 30.7 Å². The van der Waals surface area contributed by atoms with Gasteiger partial charge >= 0.3 is 0 Å². The van der Waals surface area contributed by atoms with Crippen LogP contribution in [0.3, 0.4) is 0 Å². The monoisotopic (exact) mass is 382 g/mol. The Balaban J connectivity index is 2.11. The van der Waals surface area contributed by atoms with Gasteiger partial charge in [0.15, 0.2) is 0 Å². The maximum Gasteiger partial charge on any atom is 0.132 e. The number of allylic oxidation sites excluding steroid dienone is 1. The average Bonchev–Trinajstić information content (AvgIpc) is 2.60. The van der Waals surface area contributed by atoms with Crippen molar-refractivity contribution in [1.29, 1.82) is 5.26 Å². The van der Waals surface area contributed by atoms with E-state index in [4.69, 9.17) is 11.6 Å². The lowest BCUT2D eigenvalue weighted by Crippen LogP contribution is -2.48. The lowest BCUT2D eigenvalue weighted by atomic mass is 9.79. The molecule has 0 amide bonds. The second-order valence-corrected chi connectivity index (χ2v) is 8.21. The number of hydrogen-bond donors (Lipinski definition) is 0. The van der Waals surface area contributed by atoms with E-state index in [9.17, 15) is 9.65 Å². The van der Waals surface area contributed by atoms with Crippen molar-refractivity contribution in [2.24, 2.45) is 0 Å². The molecule has 0 bridgehead atoms. The van der Waals surface area contributed by atoms with Gasteiger partial charge < -0.3 is 4.90 Å². The minimum absolute atomic E-state index is 0.0104. The lowest BCUT2D eigenvalue weighted by molar-refractivity contribution is 0.380. The molecular formula is C23H24ClFN2. The van der Waals surface area contributed by atoms with E-state index < -0.39 is 0 Å². The number of hydrogen-bond acceptors (Lipinski definition) is 2. The first kappa shape index (κ1) is 19.5. The number of halogens is 2. The summed E-state index contributed by atoms with van der Waals surface area (Å²) in [5.74, 6) is 0.00846. The standard InChI is InChI=1S/C23H24ClFN2/c1-5-27-22-12-21(25)17(11-20(22)15(2)13-23(27,3)4)9-18(14-26)16-7-6-8-19(24)10-16/h6-12,15H,5,13H2,1-4H3/b18-9+. The smallest absolute Gasteiger partial charge is 0.132 e. The molecule has 3 rings (SSSR count). The maximum atomic E-state index is 15.0. The summed E-state index contributed by atoms with van der Waals surface area (Å²) in [6, 6.07) is 12.8. The minimum atomic E-state index is -0.313. The van der Waals surface area contributed by atoms with E-state index in [1.165, 1.54) is 0 Å². The number of anilines is 1. The lowest BCUT2D eigenvalue weighted by Gasteiger charge is -2.47. The van der Waals surface area contributed by atoms with Gasteiger partial charge in [0.1, 0.15) is 5.82 Å². The van der Waals surface area contributed by atoms with Gasteiger partial charge in [-0.25, -0.2) is 4.39 Å². The highest BCUT2D eigenvalue weighted by molar-refractivity contribution is 6.30. The van der Waals surface area contributed by atoms with Gasteiger partial charge in [-0.3, -0.25) is 0 Å². The summed E-state index contributed by atoms with van der Waals surface area (Å²) in [5.41, 5.74) is 3.60. The van der Waals surface area contributed by atoms with Crippen LogP contribution in [0.25, 0.3) is 11.6 Å². The zero-order valence-corrected chi connectivity index (χ0v) is 16.9. The van der Waals surface area contributed by atoms with Crippen molar-refractivity contribution in [3.8, 4) is 6.07 Å². The molecule has 0 saturated heterocycles. The zero-order valence-electron chi connectivity index (χ0n) is 16.2. The molecule has 2 aromatic rings. The zero-order chi connectivity index (χ0) is 19.8. The topological polar surface area (TPSA) is 27.0 Å². The van der Waals surface area contributed by atoms with Gasteiger partial charge in [-0.05, 0) is 74.6 Å². The van der Waals surface area contributed by atoms with Crippen LogP contribution >= 0.6 is 11.6 Å². The molecule has 4 heteroatoms. The Morgan fingerprint density at radius 1 is 1.37 bits per heavy atom. The van der Waals surface area contributed by atoms with Crippen molar-refractivity contribution < 1.29 is 4.39 Å². The van der Waals surface area contributed by atoms with Crippen LogP contribution in [0.4, 0.5) is 10.1 Å². The molecule has 1 heterocycles. The van der Waals surface area contributed by atoms with E-state index in [0.29, 0.717) is 27.6 Å². The van der Waals surface area contributed by atoms with Crippen LogP contribution in [-0.4, -0.2) is 12.1 Å². The van der Waals surface area contributed by atoms with Crippen molar-refractivity contribution in [1.82, 2.24) is 0 Å². The molecule has 0 aromatic heterocycles. The highest BCUT2D eigenvalue weighted by Crippen LogP contribution is 2.44. The second-order valence-electron chi connectivity index (χ2n) is 7.77. The van der Waals surface area contributed by atoms with Crippen molar-refractivity contribution in [2.45, 2.75) is 45.6 Å². The molecule has 2 aromatic carbocycles. The van der Waals surface area contributed by atoms with E-state index in [2.05, 4.69) is 38.7 Å². The Kier molecular flexibility index (Phi) is 5.31. The Morgan fingerprint density at radius 2 is 2.11 bits per heavy atom. The first-order valence-electron chi connectivity index (χ1n) is 9.25. The van der Waals surface area contributed by atoms with E-state index in [1.54, 1.807) is 36.4 Å². The molecular weight excluding hydrogens is 359 g/mol. The molecule has 1 aliphatic rings. The van der Waals surface area contributed by atoms with Gasteiger partial charge in [0.05, 0.1) is 11.6 Å². The molecule has 0 N–H and O–H groups in total. The molecule has 2 nitrogen and oxygen atoms in total. The van der Waals surface area contributed by atoms with E-state index in [1.807, 2.05) is 6.07 Å². The highest BCUT2D eigenvalue weighted by Gasteiger charge is 2.36. The van der Waals surface area contributed by atoms with Gasteiger partial charge in [-0.15, -0.1) is 0 Å². The predicted octanol–water partition coefficient (Wildman–Crippen LogP) is 6.66. The average molecular weight is 383 g/mol. The highest BCUT2D eigenvalue weighted by atomic mass is 35.5. The molecule has 0 aliphatic carbocycles. The number of benzene rings is 2. The predicted molar refractivity (Wildman–Crippen MR) is 111 cm³/mol. The summed E-state index contributed by atoms with van der Waals surface area (Å²) < 4.78 is 15.0. The van der Waals surface area contributed by atoms with E-state index in [-0.39, 0.29) is 11.4 Å². The van der Waals surface area contributed by atoms with Crippen LogP contribution in [0.5, 0.6) is 0 Å². The summed E-state index contributed by atoms with van der Waals surface area (Å²) in [6.07, 6.45) is 2.62. The molecule has 1 aliphatic heterocycles. The molecule has 0 spiro atoms. The van der Waals surface area contributed by atoms with Gasteiger partial charge in [0, 0.05) is 28.4 Å². The summed E-state index contributed by atoms with van der Waals surface area (Å²) in [6.45, 7) is 9.51. The number of nitrogens with zero attached hydrogens (tertiary/aromatic N) is 2. The van der Waals surface area contributed by atoms with Crippen molar-refractivity contribution in [3.05, 3.63) is 63.9 Å². The molecule has 27 heavy (non-hydrogen) atoms. The largest absolute Gasteiger partial charge is 0.366 e. The van der Waals surface area contributed by atoms with Crippen LogP contribution in [0.15, 0.2) is 36.4 Å². The van der Waals surface area contributed by atoms with Gasteiger partial charge in [0.25, 0.3) is 0 Å². The van der Waals surface area contributed by atoms with Crippen LogP contribution < -0.4 is 4.90 Å². The number of fused-ring (bicyclic) bond motifs is 1. The molecule has 0 saturated carbocycles. The third-order valence-corrected chi connectivity index (χ3v) is 5.61. The third kappa shape index (κ3) is 3.73. The minimum Gasteiger partial charge on any atom is -0.366 e. The Morgan fingerprint density at radius 3 is 2.74 bits per heavy atom. The summed E-state index contributed by atoms with van der Waals surface area (Å²) >= 11 is 6.04. The number of rotatable bonds is 3. The van der Waals surface area contributed by atoms with Crippen LogP contribution in [0.1, 0.15) is 56.7 Å². The fourth-order valence-corrected chi connectivity index (χ4v) is 4.41.